The van der Waals surface area contributed by atoms with Crippen LogP contribution in [0, 0.1) is 5.82 Å². The molecule has 0 aromatic heterocycles. The SMILES string of the molecule is CCCNC(=O)[C@@H](CC)N(Cc1ccc(F)cc1)C(=O)CN(c1cccc(C(C)=O)c1)S(C)(=O)=O. The van der Waals surface area contributed by atoms with Gasteiger partial charge in [0.25, 0.3) is 0 Å². The van der Waals surface area contributed by atoms with Crippen molar-refractivity contribution < 1.29 is 27.2 Å². The molecular weight excluding hydrogens is 473 g/mol. The molecule has 10 heteroatoms. The summed E-state index contributed by atoms with van der Waals surface area (Å²) >= 11 is 0. The van der Waals surface area contributed by atoms with Gasteiger partial charge in [0.1, 0.15) is 18.4 Å². The highest BCUT2D eigenvalue weighted by Gasteiger charge is 2.31. The summed E-state index contributed by atoms with van der Waals surface area (Å²) in [5, 5.41) is 2.79. The zero-order chi connectivity index (χ0) is 26.2. The number of hydrogen-bond acceptors (Lipinski definition) is 5. The molecule has 2 amide bonds. The number of rotatable bonds is 12. The molecule has 35 heavy (non-hydrogen) atoms. The van der Waals surface area contributed by atoms with E-state index in [1.165, 1.54) is 54.3 Å². The minimum absolute atomic E-state index is 0.0117. The summed E-state index contributed by atoms with van der Waals surface area (Å²) < 4.78 is 39.6. The van der Waals surface area contributed by atoms with Gasteiger partial charge in [-0.1, -0.05) is 38.1 Å². The molecule has 1 N–H and O–H groups in total. The van der Waals surface area contributed by atoms with Gasteiger partial charge in [-0.25, -0.2) is 12.8 Å². The van der Waals surface area contributed by atoms with Gasteiger partial charge in [0.2, 0.25) is 21.8 Å². The van der Waals surface area contributed by atoms with Gasteiger partial charge in [-0.15, -0.1) is 0 Å². The van der Waals surface area contributed by atoms with Gasteiger partial charge in [0.05, 0.1) is 11.9 Å². The summed E-state index contributed by atoms with van der Waals surface area (Å²) in [6, 6.07) is 10.7. The van der Waals surface area contributed by atoms with Crippen LogP contribution in [0.3, 0.4) is 0 Å². The third-order valence-corrected chi connectivity index (χ3v) is 6.56. The molecule has 0 fully saturated rings. The normalized spacial score (nSPS) is 12.0. The Labute approximate surface area is 206 Å². The van der Waals surface area contributed by atoms with E-state index >= 15 is 0 Å². The number of carbonyl (C=O) groups excluding carboxylic acids is 3. The lowest BCUT2D eigenvalue weighted by molar-refractivity contribution is -0.140. The first-order valence-electron chi connectivity index (χ1n) is 11.4. The number of amides is 2. The zero-order valence-corrected chi connectivity index (χ0v) is 21.3. The molecule has 0 aliphatic heterocycles. The summed E-state index contributed by atoms with van der Waals surface area (Å²) in [7, 11) is -3.91. The lowest BCUT2D eigenvalue weighted by Crippen LogP contribution is -2.52. The first-order valence-corrected chi connectivity index (χ1v) is 13.2. The van der Waals surface area contributed by atoms with Crippen molar-refractivity contribution in [2.24, 2.45) is 0 Å². The second-order valence-electron chi connectivity index (χ2n) is 8.24. The number of carbonyl (C=O) groups is 3. The van der Waals surface area contributed by atoms with E-state index < -0.39 is 34.3 Å². The predicted molar refractivity (Wildman–Crippen MR) is 133 cm³/mol. The molecule has 0 unspecified atom stereocenters. The Morgan fingerprint density at radius 3 is 2.26 bits per heavy atom. The molecule has 1 atom stereocenters. The molecule has 2 aromatic rings. The van der Waals surface area contributed by atoms with Crippen LogP contribution in [0.1, 0.15) is 49.5 Å². The van der Waals surface area contributed by atoms with Gasteiger partial charge in [0, 0.05) is 18.7 Å². The molecule has 2 aromatic carbocycles. The molecule has 0 bridgehead atoms. The minimum atomic E-state index is -3.91. The number of halogens is 1. The van der Waals surface area contributed by atoms with E-state index in [1.54, 1.807) is 13.0 Å². The van der Waals surface area contributed by atoms with E-state index in [-0.39, 0.29) is 23.9 Å². The standard InChI is InChI=1S/C25H32FN3O5S/c1-5-14-27-25(32)23(6-2)28(16-19-10-12-21(26)13-11-19)24(31)17-29(35(4,33)34)22-9-7-8-20(15-22)18(3)30/h7-13,15,23H,5-6,14,16-17H2,1-4H3,(H,27,32)/t23-/m1/s1. The van der Waals surface area contributed by atoms with Crippen molar-refractivity contribution in [2.75, 3.05) is 23.7 Å². The molecule has 190 valence electrons. The third kappa shape index (κ3) is 7.88. The Hall–Kier alpha value is -3.27. The van der Waals surface area contributed by atoms with Crippen LogP contribution in [0.2, 0.25) is 0 Å². The average Bonchev–Trinajstić information content (AvgIpc) is 2.81. The Morgan fingerprint density at radius 2 is 1.71 bits per heavy atom. The first kappa shape index (κ1) is 28.0. The highest BCUT2D eigenvalue weighted by Crippen LogP contribution is 2.21. The van der Waals surface area contributed by atoms with Crippen LogP contribution in [-0.4, -0.2) is 56.3 Å². The van der Waals surface area contributed by atoms with E-state index in [4.69, 9.17) is 0 Å². The second-order valence-corrected chi connectivity index (χ2v) is 10.1. The maximum absolute atomic E-state index is 13.5. The molecule has 0 saturated heterocycles. The zero-order valence-electron chi connectivity index (χ0n) is 20.5. The molecule has 0 saturated carbocycles. The molecular formula is C25H32FN3O5S. The number of nitrogens with one attached hydrogen (secondary N) is 1. The van der Waals surface area contributed by atoms with Gasteiger partial charge in [-0.05, 0) is 49.6 Å². The highest BCUT2D eigenvalue weighted by molar-refractivity contribution is 7.92. The quantitative estimate of drug-likeness (QED) is 0.447. The van der Waals surface area contributed by atoms with E-state index in [9.17, 15) is 27.2 Å². The minimum Gasteiger partial charge on any atom is -0.354 e. The van der Waals surface area contributed by atoms with Crippen LogP contribution >= 0.6 is 0 Å². The van der Waals surface area contributed by atoms with Crippen molar-refractivity contribution in [1.29, 1.82) is 0 Å². The Balaban J connectivity index is 2.45. The number of Topliss-reactive ketones (excluding diaryl/α,β-unsaturated/α-hetero) is 1. The molecule has 0 radical (unpaired) electrons. The van der Waals surface area contributed by atoms with Crippen LogP contribution in [0.4, 0.5) is 10.1 Å². The maximum atomic E-state index is 13.5. The van der Waals surface area contributed by atoms with Crippen molar-refractivity contribution in [3.05, 3.63) is 65.5 Å². The molecule has 0 aliphatic carbocycles. The van der Waals surface area contributed by atoms with Crippen LogP contribution < -0.4 is 9.62 Å². The van der Waals surface area contributed by atoms with Crippen molar-refractivity contribution in [3.63, 3.8) is 0 Å². The summed E-state index contributed by atoms with van der Waals surface area (Å²) in [6.07, 6.45) is 1.97. The van der Waals surface area contributed by atoms with E-state index in [0.29, 0.717) is 30.5 Å². The smallest absolute Gasteiger partial charge is 0.244 e. The number of benzene rings is 2. The highest BCUT2D eigenvalue weighted by atomic mass is 32.2. The van der Waals surface area contributed by atoms with Gasteiger partial charge in [-0.3, -0.25) is 18.7 Å². The Bertz CT molecular complexity index is 1150. The van der Waals surface area contributed by atoms with Crippen LogP contribution in [0.5, 0.6) is 0 Å². The monoisotopic (exact) mass is 505 g/mol. The number of hydrogen-bond donors (Lipinski definition) is 1. The maximum Gasteiger partial charge on any atom is 0.244 e. The number of sulfonamides is 1. The van der Waals surface area contributed by atoms with Crippen LogP contribution in [0.15, 0.2) is 48.5 Å². The predicted octanol–water partition coefficient (Wildman–Crippen LogP) is 3.13. The number of nitrogens with zero attached hydrogens (tertiary/aromatic N) is 2. The summed E-state index contributed by atoms with van der Waals surface area (Å²) in [5.74, 6) is -1.64. The van der Waals surface area contributed by atoms with Crippen molar-refractivity contribution in [2.45, 2.75) is 46.2 Å². The third-order valence-electron chi connectivity index (χ3n) is 5.42. The summed E-state index contributed by atoms with van der Waals surface area (Å²) in [5.41, 5.74) is 1.06. The van der Waals surface area contributed by atoms with Gasteiger partial charge < -0.3 is 10.2 Å². The Morgan fingerprint density at radius 1 is 1.06 bits per heavy atom. The van der Waals surface area contributed by atoms with Crippen molar-refractivity contribution in [3.8, 4) is 0 Å². The Kier molecular flexibility index (Phi) is 9.94. The largest absolute Gasteiger partial charge is 0.354 e. The number of ketones is 1. The molecule has 0 spiro atoms. The number of anilines is 1. The fourth-order valence-corrected chi connectivity index (χ4v) is 4.41. The fraction of sp³-hybridized carbons (Fsp3) is 0.400. The van der Waals surface area contributed by atoms with Gasteiger partial charge in [0.15, 0.2) is 5.78 Å². The van der Waals surface area contributed by atoms with Crippen LogP contribution in [-0.2, 0) is 26.2 Å². The van der Waals surface area contributed by atoms with E-state index in [0.717, 1.165) is 10.6 Å². The lowest BCUT2D eigenvalue weighted by Gasteiger charge is -2.33. The van der Waals surface area contributed by atoms with Gasteiger partial charge in [-0.2, -0.15) is 0 Å². The summed E-state index contributed by atoms with van der Waals surface area (Å²) in [4.78, 5) is 39.5. The molecule has 8 nitrogen and oxygen atoms in total. The molecule has 0 aliphatic rings. The lowest BCUT2D eigenvalue weighted by atomic mass is 10.1. The second kappa shape index (κ2) is 12.4. The topological polar surface area (TPSA) is 104 Å². The van der Waals surface area contributed by atoms with Gasteiger partial charge >= 0.3 is 0 Å². The van der Waals surface area contributed by atoms with Crippen molar-refractivity contribution in [1.82, 2.24) is 10.2 Å². The first-order chi connectivity index (χ1) is 16.5. The van der Waals surface area contributed by atoms with E-state index in [2.05, 4.69) is 5.32 Å². The summed E-state index contributed by atoms with van der Waals surface area (Å²) in [6.45, 7) is 4.87. The van der Waals surface area contributed by atoms with E-state index in [1.807, 2.05) is 6.92 Å². The fourth-order valence-electron chi connectivity index (χ4n) is 3.57. The average molecular weight is 506 g/mol. The molecule has 2 rings (SSSR count). The molecule has 0 heterocycles. The van der Waals surface area contributed by atoms with Crippen molar-refractivity contribution >= 4 is 33.3 Å². The van der Waals surface area contributed by atoms with Crippen LogP contribution in [0.25, 0.3) is 0 Å².